The first kappa shape index (κ1) is 19.0. The van der Waals surface area contributed by atoms with Crippen molar-refractivity contribution in [1.82, 2.24) is 5.32 Å². The number of amides is 1. The Balaban J connectivity index is 2.16. The smallest absolute Gasteiger partial charge is 0.328 e. The fraction of sp³-hybridized carbons (Fsp3) is 0.263. The fourth-order valence-electron chi connectivity index (χ4n) is 2.34. The van der Waals surface area contributed by atoms with E-state index in [2.05, 4.69) is 21.2 Å². The van der Waals surface area contributed by atoms with Crippen molar-refractivity contribution in [3.63, 3.8) is 0 Å². The fourth-order valence-corrected chi connectivity index (χ4v) is 2.88. The maximum Gasteiger partial charge on any atom is 0.328 e. The minimum absolute atomic E-state index is 0.258. The van der Waals surface area contributed by atoms with E-state index in [-0.39, 0.29) is 12.5 Å². The van der Waals surface area contributed by atoms with Gasteiger partial charge in [-0.3, -0.25) is 4.79 Å². The Labute approximate surface area is 155 Å². The van der Waals surface area contributed by atoms with Crippen molar-refractivity contribution in [2.24, 2.45) is 0 Å². The third-order valence-electron chi connectivity index (χ3n) is 3.57. The van der Waals surface area contributed by atoms with Gasteiger partial charge in [0.05, 0.1) is 18.2 Å². The molecular formula is C19H20BrNO4. The number of esters is 1. The van der Waals surface area contributed by atoms with Crippen LogP contribution in [-0.2, 0) is 16.0 Å². The summed E-state index contributed by atoms with van der Waals surface area (Å²) in [5.41, 5.74) is 1.37. The van der Waals surface area contributed by atoms with Crippen LogP contribution in [0.15, 0.2) is 53.0 Å². The summed E-state index contributed by atoms with van der Waals surface area (Å²) in [7, 11) is 1.55. The minimum Gasteiger partial charge on any atom is -0.496 e. The lowest BCUT2D eigenvalue weighted by atomic mass is 10.1. The zero-order chi connectivity index (χ0) is 18.2. The highest BCUT2D eigenvalue weighted by molar-refractivity contribution is 9.10. The van der Waals surface area contributed by atoms with Crippen molar-refractivity contribution >= 4 is 27.8 Å². The Morgan fingerprint density at radius 3 is 2.48 bits per heavy atom. The summed E-state index contributed by atoms with van der Waals surface area (Å²) >= 11 is 3.35. The molecule has 1 unspecified atom stereocenters. The number of hydrogen-bond donors (Lipinski definition) is 1. The summed E-state index contributed by atoms with van der Waals surface area (Å²) in [6.45, 7) is 1.99. The largest absolute Gasteiger partial charge is 0.496 e. The van der Waals surface area contributed by atoms with Crippen molar-refractivity contribution in [3.05, 3.63) is 64.1 Å². The molecule has 0 aliphatic rings. The number of nitrogens with one attached hydrogen (secondary N) is 1. The van der Waals surface area contributed by atoms with Gasteiger partial charge in [-0.2, -0.15) is 0 Å². The lowest BCUT2D eigenvalue weighted by Crippen LogP contribution is -2.43. The van der Waals surface area contributed by atoms with Gasteiger partial charge in [-0.15, -0.1) is 0 Å². The third kappa shape index (κ3) is 5.32. The molecule has 25 heavy (non-hydrogen) atoms. The molecule has 2 rings (SSSR count). The van der Waals surface area contributed by atoms with Gasteiger partial charge in [-0.1, -0.05) is 30.3 Å². The van der Waals surface area contributed by atoms with E-state index < -0.39 is 12.0 Å². The average molecular weight is 406 g/mol. The quantitative estimate of drug-likeness (QED) is 0.717. The van der Waals surface area contributed by atoms with Gasteiger partial charge in [-0.25, -0.2) is 4.79 Å². The van der Waals surface area contributed by atoms with Gasteiger partial charge in [-0.05, 0) is 46.6 Å². The highest BCUT2D eigenvalue weighted by Gasteiger charge is 2.23. The van der Waals surface area contributed by atoms with Crippen LogP contribution in [0.5, 0.6) is 5.75 Å². The number of benzene rings is 2. The highest BCUT2D eigenvalue weighted by atomic mass is 79.9. The van der Waals surface area contributed by atoms with Crippen LogP contribution in [0.25, 0.3) is 0 Å². The van der Waals surface area contributed by atoms with E-state index in [0.717, 1.165) is 5.56 Å². The zero-order valence-electron chi connectivity index (χ0n) is 14.1. The first-order valence-corrected chi connectivity index (χ1v) is 8.69. The lowest BCUT2D eigenvalue weighted by molar-refractivity contribution is -0.145. The number of ether oxygens (including phenoxy) is 2. The molecule has 0 aliphatic carbocycles. The molecule has 0 heterocycles. The van der Waals surface area contributed by atoms with Crippen LogP contribution in [0.1, 0.15) is 22.8 Å². The van der Waals surface area contributed by atoms with Crippen LogP contribution in [0.2, 0.25) is 0 Å². The number of halogens is 1. The van der Waals surface area contributed by atoms with Crippen molar-refractivity contribution in [2.75, 3.05) is 13.7 Å². The molecule has 1 atom stereocenters. The van der Waals surface area contributed by atoms with Gasteiger partial charge in [0.25, 0.3) is 5.91 Å². The molecule has 5 nitrogen and oxygen atoms in total. The van der Waals surface area contributed by atoms with Gasteiger partial charge in [0.1, 0.15) is 11.8 Å². The Kier molecular flexibility index (Phi) is 7.01. The molecule has 0 saturated heterocycles. The molecule has 0 bridgehead atoms. The van der Waals surface area contributed by atoms with E-state index in [1.165, 1.54) is 0 Å². The predicted octanol–water partition coefficient (Wildman–Crippen LogP) is 3.36. The van der Waals surface area contributed by atoms with E-state index >= 15 is 0 Å². The normalized spacial score (nSPS) is 11.5. The number of hydrogen-bond acceptors (Lipinski definition) is 4. The van der Waals surface area contributed by atoms with Crippen molar-refractivity contribution in [2.45, 2.75) is 19.4 Å². The standard InChI is InChI=1S/C19H20BrNO4/c1-3-25-19(23)16(11-13-7-5-4-6-8-13)21-18(22)14-9-10-17(24-2)15(20)12-14/h4-10,12,16H,3,11H2,1-2H3,(H,21,22). The minimum atomic E-state index is -0.754. The topological polar surface area (TPSA) is 64.6 Å². The molecule has 2 aromatic carbocycles. The van der Waals surface area contributed by atoms with Gasteiger partial charge in [0.2, 0.25) is 0 Å². The molecule has 0 fully saturated rings. The van der Waals surface area contributed by atoms with Gasteiger partial charge in [0.15, 0.2) is 0 Å². The Morgan fingerprint density at radius 1 is 1.16 bits per heavy atom. The molecular weight excluding hydrogens is 386 g/mol. The van der Waals surface area contributed by atoms with Crippen LogP contribution < -0.4 is 10.1 Å². The van der Waals surface area contributed by atoms with E-state index in [9.17, 15) is 9.59 Å². The van der Waals surface area contributed by atoms with Crippen LogP contribution in [-0.4, -0.2) is 31.6 Å². The van der Waals surface area contributed by atoms with Crippen LogP contribution >= 0.6 is 15.9 Å². The van der Waals surface area contributed by atoms with Gasteiger partial charge < -0.3 is 14.8 Å². The van der Waals surface area contributed by atoms with Crippen molar-refractivity contribution in [3.8, 4) is 5.75 Å². The molecule has 0 spiro atoms. The summed E-state index contributed by atoms with van der Waals surface area (Å²) in [5, 5.41) is 2.76. The molecule has 0 saturated carbocycles. The highest BCUT2D eigenvalue weighted by Crippen LogP contribution is 2.25. The maximum absolute atomic E-state index is 12.5. The summed E-state index contributed by atoms with van der Waals surface area (Å²) in [4.78, 5) is 24.7. The second-order valence-electron chi connectivity index (χ2n) is 5.32. The number of methoxy groups -OCH3 is 1. The van der Waals surface area contributed by atoms with Crippen LogP contribution in [0.3, 0.4) is 0 Å². The molecule has 132 valence electrons. The number of carbonyl (C=O) groups is 2. The van der Waals surface area contributed by atoms with Crippen LogP contribution in [0, 0.1) is 0 Å². The van der Waals surface area contributed by atoms with Crippen LogP contribution in [0.4, 0.5) is 0 Å². The maximum atomic E-state index is 12.5. The number of rotatable bonds is 7. The molecule has 2 aromatic rings. The zero-order valence-corrected chi connectivity index (χ0v) is 15.7. The first-order valence-electron chi connectivity index (χ1n) is 7.90. The monoisotopic (exact) mass is 405 g/mol. The van der Waals surface area contributed by atoms with E-state index in [0.29, 0.717) is 22.2 Å². The van der Waals surface area contributed by atoms with Crippen molar-refractivity contribution < 1.29 is 19.1 Å². The van der Waals surface area contributed by atoms with E-state index in [1.807, 2.05) is 30.3 Å². The summed E-state index contributed by atoms with van der Waals surface area (Å²) < 4.78 is 10.9. The lowest BCUT2D eigenvalue weighted by Gasteiger charge is -2.18. The predicted molar refractivity (Wildman–Crippen MR) is 98.7 cm³/mol. The van der Waals surface area contributed by atoms with E-state index in [1.54, 1.807) is 32.2 Å². The number of carbonyl (C=O) groups excluding carboxylic acids is 2. The Hall–Kier alpha value is -2.34. The van der Waals surface area contributed by atoms with Gasteiger partial charge >= 0.3 is 5.97 Å². The summed E-state index contributed by atoms with van der Waals surface area (Å²) in [6, 6.07) is 13.7. The molecule has 1 amide bonds. The molecule has 0 radical (unpaired) electrons. The average Bonchev–Trinajstić information content (AvgIpc) is 2.62. The van der Waals surface area contributed by atoms with Gasteiger partial charge in [0, 0.05) is 12.0 Å². The van der Waals surface area contributed by atoms with Crippen molar-refractivity contribution in [1.29, 1.82) is 0 Å². The molecule has 6 heteroatoms. The summed E-state index contributed by atoms with van der Waals surface area (Å²) in [6.07, 6.45) is 0.364. The molecule has 1 N–H and O–H groups in total. The Bertz CT molecular complexity index is 733. The first-order chi connectivity index (χ1) is 12.0. The summed E-state index contributed by atoms with van der Waals surface area (Å²) in [5.74, 6) is -0.174. The van der Waals surface area contributed by atoms with E-state index in [4.69, 9.17) is 9.47 Å². The SMILES string of the molecule is CCOC(=O)C(Cc1ccccc1)NC(=O)c1ccc(OC)c(Br)c1. The second kappa shape index (κ2) is 9.22. The molecule has 0 aromatic heterocycles. The molecule has 0 aliphatic heterocycles. The third-order valence-corrected chi connectivity index (χ3v) is 4.19. The second-order valence-corrected chi connectivity index (χ2v) is 6.17. The Morgan fingerprint density at radius 2 is 1.88 bits per heavy atom.